The zero-order chi connectivity index (χ0) is 19.1. The molecule has 2 heterocycles. The number of piperidine rings is 1. The normalized spacial score (nSPS) is 19.2. The quantitative estimate of drug-likeness (QED) is 0.746. The van der Waals surface area contributed by atoms with Crippen molar-refractivity contribution in [1.29, 1.82) is 0 Å². The molecule has 1 aromatic carbocycles. The van der Waals surface area contributed by atoms with Crippen molar-refractivity contribution in [3.63, 3.8) is 0 Å². The molecule has 1 atom stereocenters. The van der Waals surface area contributed by atoms with Crippen LogP contribution in [0.3, 0.4) is 0 Å². The molecule has 8 nitrogen and oxygen atoms in total. The molecule has 2 aliphatic rings. The number of nitrogens with one attached hydrogen (secondary N) is 1. The van der Waals surface area contributed by atoms with Gasteiger partial charge in [0, 0.05) is 19.5 Å². The minimum Gasteiger partial charge on any atom is -0.478 e. The van der Waals surface area contributed by atoms with Crippen LogP contribution in [0.15, 0.2) is 24.3 Å². The minimum atomic E-state index is -1.23. The van der Waals surface area contributed by atoms with Gasteiger partial charge in [-0.25, -0.2) is 9.59 Å². The second-order valence-corrected chi connectivity index (χ2v) is 6.20. The summed E-state index contributed by atoms with van der Waals surface area (Å²) in [5, 5.41) is 19.8. The maximum absolute atomic E-state index is 11.9. The van der Waals surface area contributed by atoms with E-state index in [1.165, 1.54) is 30.7 Å². The summed E-state index contributed by atoms with van der Waals surface area (Å²) in [6, 6.07) is 5.24. The maximum atomic E-state index is 11.9. The Kier molecular flexibility index (Phi) is 6.71. The van der Waals surface area contributed by atoms with Crippen molar-refractivity contribution in [2.45, 2.75) is 38.1 Å². The SMILES string of the molecule is O=C(O)c1ccccc1C(=O)O.O=C1CC[C@H](C(=O)N2CCCCC2)N1. The van der Waals surface area contributed by atoms with Crippen molar-refractivity contribution >= 4 is 23.8 Å². The number of hydrogen-bond acceptors (Lipinski definition) is 4. The standard InChI is InChI=1S/C10H16N2O2.C8H6O4/c13-9-5-4-8(11-9)10(14)12-6-2-1-3-7-12;9-7(10)5-3-1-2-4-6(5)8(11)12/h8H,1-7H2,(H,11,13);1-4H,(H,9,10)(H,11,12)/t8-;/m1./s1. The van der Waals surface area contributed by atoms with Crippen LogP contribution in [-0.4, -0.2) is 58.0 Å². The molecule has 2 amide bonds. The van der Waals surface area contributed by atoms with Crippen LogP contribution < -0.4 is 5.32 Å². The Balaban J connectivity index is 0.000000190. The molecule has 0 unspecified atom stereocenters. The number of likely N-dealkylation sites (tertiary alicyclic amines) is 1. The summed E-state index contributed by atoms with van der Waals surface area (Å²) < 4.78 is 0. The Morgan fingerprint density at radius 2 is 1.50 bits per heavy atom. The molecule has 8 heteroatoms. The van der Waals surface area contributed by atoms with Crippen molar-refractivity contribution in [2.75, 3.05) is 13.1 Å². The van der Waals surface area contributed by atoms with E-state index in [1.54, 1.807) is 0 Å². The molecule has 1 aromatic rings. The average Bonchev–Trinajstić information content (AvgIpc) is 3.08. The fourth-order valence-corrected chi connectivity index (χ4v) is 2.99. The van der Waals surface area contributed by atoms with Crippen LogP contribution >= 0.6 is 0 Å². The van der Waals surface area contributed by atoms with Gasteiger partial charge in [0.05, 0.1) is 11.1 Å². The van der Waals surface area contributed by atoms with Crippen molar-refractivity contribution in [1.82, 2.24) is 10.2 Å². The summed E-state index contributed by atoms with van der Waals surface area (Å²) in [6.07, 6.45) is 4.61. The first-order chi connectivity index (χ1) is 12.4. The van der Waals surface area contributed by atoms with Crippen LogP contribution in [0.1, 0.15) is 52.8 Å². The summed E-state index contributed by atoms with van der Waals surface area (Å²) in [5.41, 5.74) is -0.380. The molecule has 0 spiro atoms. The molecule has 3 N–H and O–H groups in total. The number of carboxylic acid groups (broad SMARTS) is 2. The van der Waals surface area contributed by atoms with Gasteiger partial charge in [-0.3, -0.25) is 9.59 Å². The Morgan fingerprint density at radius 3 is 1.92 bits per heavy atom. The van der Waals surface area contributed by atoms with Gasteiger partial charge in [0.25, 0.3) is 0 Å². The molecule has 0 radical (unpaired) electrons. The second-order valence-electron chi connectivity index (χ2n) is 6.20. The third-order valence-corrected chi connectivity index (χ3v) is 4.35. The first-order valence-corrected chi connectivity index (χ1v) is 8.54. The number of rotatable bonds is 3. The second kappa shape index (κ2) is 8.98. The highest BCUT2D eigenvalue weighted by Crippen LogP contribution is 2.14. The number of benzene rings is 1. The molecule has 2 saturated heterocycles. The Labute approximate surface area is 150 Å². The Bertz CT molecular complexity index is 664. The van der Waals surface area contributed by atoms with E-state index in [0.29, 0.717) is 12.8 Å². The fourth-order valence-electron chi connectivity index (χ4n) is 2.99. The molecule has 2 fully saturated rings. The van der Waals surface area contributed by atoms with Gasteiger partial charge in [-0.2, -0.15) is 0 Å². The number of carboxylic acids is 2. The number of amides is 2. The third kappa shape index (κ3) is 5.05. The maximum Gasteiger partial charge on any atom is 0.336 e. The lowest BCUT2D eigenvalue weighted by Crippen LogP contribution is -2.46. The number of carbonyl (C=O) groups is 4. The molecule has 0 bridgehead atoms. The summed E-state index contributed by atoms with van der Waals surface area (Å²) in [5.74, 6) is -2.32. The van der Waals surface area contributed by atoms with Crippen molar-refractivity contribution in [2.24, 2.45) is 0 Å². The average molecular weight is 362 g/mol. The highest BCUT2D eigenvalue weighted by atomic mass is 16.4. The number of carbonyl (C=O) groups excluding carboxylic acids is 2. The summed E-state index contributed by atoms with van der Waals surface area (Å²) in [4.78, 5) is 45.6. The summed E-state index contributed by atoms with van der Waals surface area (Å²) in [6.45, 7) is 1.73. The van der Waals surface area contributed by atoms with Gasteiger partial charge in [-0.15, -0.1) is 0 Å². The fraction of sp³-hybridized carbons (Fsp3) is 0.444. The minimum absolute atomic E-state index is 0.0142. The number of hydrogen-bond donors (Lipinski definition) is 3. The van der Waals surface area contributed by atoms with E-state index in [-0.39, 0.29) is 29.0 Å². The van der Waals surface area contributed by atoms with E-state index in [0.717, 1.165) is 25.9 Å². The van der Waals surface area contributed by atoms with Gasteiger partial charge >= 0.3 is 11.9 Å². The monoisotopic (exact) mass is 362 g/mol. The summed E-state index contributed by atoms with van der Waals surface area (Å²) in [7, 11) is 0. The number of aromatic carboxylic acids is 2. The van der Waals surface area contributed by atoms with Crippen molar-refractivity contribution in [3.8, 4) is 0 Å². The smallest absolute Gasteiger partial charge is 0.336 e. The lowest BCUT2D eigenvalue weighted by Gasteiger charge is -2.28. The lowest BCUT2D eigenvalue weighted by molar-refractivity contribution is -0.135. The van der Waals surface area contributed by atoms with Crippen molar-refractivity contribution < 1.29 is 29.4 Å². The lowest BCUT2D eigenvalue weighted by atomic mass is 10.1. The Hall–Kier alpha value is -2.90. The molecule has 2 aliphatic heterocycles. The van der Waals surface area contributed by atoms with Gasteiger partial charge < -0.3 is 20.4 Å². The molecular weight excluding hydrogens is 340 g/mol. The van der Waals surface area contributed by atoms with Crippen LogP contribution in [0.4, 0.5) is 0 Å². The highest BCUT2D eigenvalue weighted by Gasteiger charge is 2.30. The zero-order valence-corrected chi connectivity index (χ0v) is 14.3. The van der Waals surface area contributed by atoms with E-state index in [4.69, 9.17) is 10.2 Å². The highest BCUT2D eigenvalue weighted by molar-refractivity contribution is 6.01. The third-order valence-electron chi connectivity index (χ3n) is 4.35. The topological polar surface area (TPSA) is 124 Å². The van der Waals surface area contributed by atoms with Crippen LogP contribution in [0, 0.1) is 0 Å². The zero-order valence-electron chi connectivity index (χ0n) is 14.3. The van der Waals surface area contributed by atoms with Crippen LogP contribution in [0.5, 0.6) is 0 Å². The van der Waals surface area contributed by atoms with Gasteiger partial charge in [-0.05, 0) is 37.8 Å². The molecule has 26 heavy (non-hydrogen) atoms. The van der Waals surface area contributed by atoms with Gasteiger partial charge in [0.2, 0.25) is 11.8 Å². The predicted molar refractivity (Wildman–Crippen MR) is 92.0 cm³/mol. The summed E-state index contributed by atoms with van der Waals surface area (Å²) >= 11 is 0. The van der Waals surface area contributed by atoms with E-state index >= 15 is 0 Å². The van der Waals surface area contributed by atoms with Crippen LogP contribution in [0.2, 0.25) is 0 Å². The molecule has 140 valence electrons. The molecule has 0 aromatic heterocycles. The molecule has 3 rings (SSSR count). The van der Waals surface area contributed by atoms with E-state index < -0.39 is 11.9 Å². The predicted octanol–water partition coefficient (Wildman–Crippen LogP) is 1.36. The largest absolute Gasteiger partial charge is 0.478 e. The van der Waals surface area contributed by atoms with E-state index in [9.17, 15) is 19.2 Å². The Morgan fingerprint density at radius 1 is 0.962 bits per heavy atom. The van der Waals surface area contributed by atoms with Crippen LogP contribution in [0.25, 0.3) is 0 Å². The molecular formula is C18H22N2O6. The van der Waals surface area contributed by atoms with Gasteiger partial charge in [0.1, 0.15) is 6.04 Å². The van der Waals surface area contributed by atoms with Crippen molar-refractivity contribution in [3.05, 3.63) is 35.4 Å². The van der Waals surface area contributed by atoms with E-state index in [1.807, 2.05) is 4.90 Å². The number of nitrogens with zero attached hydrogens (tertiary/aromatic N) is 1. The first-order valence-electron chi connectivity index (χ1n) is 8.54. The van der Waals surface area contributed by atoms with Crippen LogP contribution in [-0.2, 0) is 9.59 Å². The van der Waals surface area contributed by atoms with Gasteiger partial charge in [0.15, 0.2) is 0 Å². The first kappa shape index (κ1) is 19.4. The molecule has 0 aliphatic carbocycles. The van der Waals surface area contributed by atoms with E-state index in [2.05, 4.69) is 5.32 Å². The molecule has 0 saturated carbocycles. The van der Waals surface area contributed by atoms with Gasteiger partial charge in [-0.1, -0.05) is 12.1 Å².